The molecule has 82 valence electrons. The Hall–Kier alpha value is -2.10. The Balaban J connectivity index is 1.87. The number of carbonyl (C=O) groups excluding carboxylic acids is 1. The first-order chi connectivity index (χ1) is 7.88. The molecule has 0 bridgehead atoms. The fourth-order valence-electron chi connectivity index (χ4n) is 1.37. The minimum atomic E-state index is 0.532. The quantitative estimate of drug-likeness (QED) is 0.715. The highest BCUT2D eigenvalue weighted by Crippen LogP contribution is 2.11. The van der Waals surface area contributed by atoms with Crippen LogP contribution in [0.25, 0.3) is 0 Å². The maximum absolute atomic E-state index is 10.5. The standard InChI is InChI=1S/C12H12N2O2/c15-10-11-3-1-4-12(9-11)16-8-7-14-6-2-5-13-14/h1-6,9-10H,7-8H2. The fraction of sp³-hybridized carbons (Fsp3) is 0.167. The number of ether oxygens (including phenoxy) is 1. The van der Waals surface area contributed by atoms with Crippen molar-refractivity contribution in [3.8, 4) is 5.75 Å². The first-order valence-electron chi connectivity index (χ1n) is 5.04. The Labute approximate surface area is 93.5 Å². The summed E-state index contributed by atoms with van der Waals surface area (Å²) in [4.78, 5) is 10.5. The van der Waals surface area contributed by atoms with Crippen molar-refractivity contribution in [2.45, 2.75) is 6.54 Å². The maximum Gasteiger partial charge on any atom is 0.150 e. The molecule has 4 heteroatoms. The zero-order valence-electron chi connectivity index (χ0n) is 8.74. The van der Waals surface area contributed by atoms with Crippen LogP contribution in [0.15, 0.2) is 42.7 Å². The van der Waals surface area contributed by atoms with Gasteiger partial charge in [-0.25, -0.2) is 0 Å². The van der Waals surface area contributed by atoms with Gasteiger partial charge in [-0.05, 0) is 18.2 Å². The Kier molecular flexibility index (Phi) is 3.33. The van der Waals surface area contributed by atoms with Crippen LogP contribution in [-0.2, 0) is 6.54 Å². The molecule has 0 saturated carbocycles. The molecule has 0 amide bonds. The average molecular weight is 216 g/mol. The van der Waals surface area contributed by atoms with E-state index in [9.17, 15) is 4.79 Å². The van der Waals surface area contributed by atoms with Crippen LogP contribution in [0.2, 0.25) is 0 Å². The molecule has 16 heavy (non-hydrogen) atoms. The number of hydrogen-bond acceptors (Lipinski definition) is 3. The third-order valence-corrected chi connectivity index (χ3v) is 2.14. The molecule has 2 aromatic rings. The molecule has 0 aliphatic rings. The highest BCUT2D eigenvalue weighted by molar-refractivity contribution is 5.75. The summed E-state index contributed by atoms with van der Waals surface area (Å²) in [6.07, 6.45) is 4.42. The molecule has 0 radical (unpaired) electrons. The Bertz CT molecular complexity index is 452. The Morgan fingerprint density at radius 1 is 1.38 bits per heavy atom. The van der Waals surface area contributed by atoms with Gasteiger partial charge >= 0.3 is 0 Å². The van der Waals surface area contributed by atoms with E-state index in [1.165, 1.54) is 0 Å². The molecule has 1 aromatic carbocycles. The topological polar surface area (TPSA) is 44.1 Å². The van der Waals surface area contributed by atoms with Gasteiger partial charge in [0.15, 0.2) is 0 Å². The summed E-state index contributed by atoms with van der Waals surface area (Å²) in [6.45, 7) is 1.22. The van der Waals surface area contributed by atoms with Gasteiger partial charge in [0.2, 0.25) is 0 Å². The highest BCUT2D eigenvalue weighted by atomic mass is 16.5. The van der Waals surface area contributed by atoms with Gasteiger partial charge in [-0.1, -0.05) is 12.1 Å². The lowest BCUT2D eigenvalue weighted by Crippen LogP contribution is -2.08. The summed E-state index contributed by atoms with van der Waals surface area (Å²) in [5.41, 5.74) is 0.622. The summed E-state index contributed by atoms with van der Waals surface area (Å²) in [7, 11) is 0. The van der Waals surface area contributed by atoms with Crippen molar-refractivity contribution in [3.05, 3.63) is 48.3 Å². The number of rotatable bonds is 5. The van der Waals surface area contributed by atoms with Crippen molar-refractivity contribution in [2.24, 2.45) is 0 Å². The summed E-state index contributed by atoms with van der Waals surface area (Å²) in [5, 5.41) is 4.06. The number of benzene rings is 1. The van der Waals surface area contributed by atoms with Gasteiger partial charge in [0.05, 0.1) is 6.54 Å². The van der Waals surface area contributed by atoms with Crippen LogP contribution in [0.4, 0.5) is 0 Å². The van der Waals surface area contributed by atoms with Crippen LogP contribution in [0.1, 0.15) is 10.4 Å². The SMILES string of the molecule is O=Cc1cccc(OCCn2cccn2)c1. The van der Waals surface area contributed by atoms with Crippen molar-refractivity contribution in [2.75, 3.05) is 6.61 Å². The van der Waals surface area contributed by atoms with E-state index in [-0.39, 0.29) is 0 Å². The van der Waals surface area contributed by atoms with Crippen LogP contribution >= 0.6 is 0 Å². The molecule has 0 aliphatic carbocycles. The zero-order valence-corrected chi connectivity index (χ0v) is 8.74. The van der Waals surface area contributed by atoms with E-state index in [0.717, 1.165) is 6.29 Å². The number of carbonyl (C=O) groups is 1. The molecule has 0 unspecified atom stereocenters. The molecule has 0 saturated heterocycles. The Morgan fingerprint density at radius 3 is 3.06 bits per heavy atom. The summed E-state index contributed by atoms with van der Waals surface area (Å²) < 4.78 is 7.30. The van der Waals surface area contributed by atoms with Crippen molar-refractivity contribution < 1.29 is 9.53 Å². The van der Waals surface area contributed by atoms with Crippen molar-refractivity contribution in [3.63, 3.8) is 0 Å². The lowest BCUT2D eigenvalue weighted by atomic mass is 10.2. The minimum absolute atomic E-state index is 0.532. The van der Waals surface area contributed by atoms with Gasteiger partial charge in [-0.2, -0.15) is 5.10 Å². The van der Waals surface area contributed by atoms with E-state index in [1.807, 2.05) is 18.3 Å². The lowest BCUT2D eigenvalue weighted by molar-refractivity contribution is 0.112. The monoisotopic (exact) mass is 216 g/mol. The molecule has 1 aromatic heterocycles. The van der Waals surface area contributed by atoms with Crippen LogP contribution in [0, 0.1) is 0 Å². The largest absolute Gasteiger partial charge is 0.492 e. The average Bonchev–Trinajstić information content (AvgIpc) is 2.82. The first-order valence-corrected chi connectivity index (χ1v) is 5.04. The predicted octanol–water partition coefficient (Wildman–Crippen LogP) is 1.77. The van der Waals surface area contributed by atoms with Crippen LogP contribution in [0.5, 0.6) is 5.75 Å². The number of hydrogen-bond donors (Lipinski definition) is 0. The van der Waals surface area contributed by atoms with Gasteiger partial charge < -0.3 is 4.74 Å². The highest BCUT2D eigenvalue weighted by Gasteiger charge is 1.96. The van der Waals surface area contributed by atoms with Crippen molar-refractivity contribution >= 4 is 6.29 Å². The molecule has 1 heterocycles. The third-order valence-electron chi connectivity index (χ3n) is 2.14. The van der Waals surface area contributed by atoms with Crippen LogP contribution in [0.3, 0.4) is 0 Å². The summed E-state index contributed by atoms with van der Waals surface area (Å²) in [5.74, 6) is 0.705. The fourth-order valence-corrected chi connectivity index (χ4v) is 1.37. The van der Waals surface area contributed by atoms with Gasteiger partial charge in [0, 0.05) is 18.0 Å². The lowest BCUT2D eigenvalue weighted by Gasteiger charge is -2.06. The van der Waals surface area contributed by atoms with Gasteiger partial charge in [-0.3, -0.25) is 9.48 Å². The molecule has 0 aliphatic heterocycles. The van der Waals surface area contributed by atoms with Gasteiger partial charge in [0.1, 0.15) is 18.6 Å². The second kappa shape index (κ2) is 5.11. The van der Waals surface area contributed by atoms with Crippen LogP contribution < -0.4 is 4.74 Å². The maximum atomic E-state index is 10.5. The first kappa shape index (κ1) is 10.4. The van der Waals surface area contributed by atoms with E-state index in [1.54, 1.807) is 29.1 Å². The smallest absolute Gasteiger partial charge is 0.150 e. The van der Waals surface area contributed by atoms with Crippen LogP contribution in [-0.4, -0.2) is 22.7 Å². The van der Waals surface area contributed by atoms with E-state index in [0.29, 0.717) is 24.5 Å². The molecule has 4 nitrogen and oxygen atoms in total. The number of aldehydes is 1. The van der Waals surface area contributed by atoms with E-state index in [2.05, 4.69) is 5.10 Å². The normalized spacial score (nSPS) is 10.0. The predicted molar refractivity (Wildman–Crippen MR) is 59.6 cm³/mol. The molecule has 0 atom stereocenters. The minimum Gasteiger partial charge on any atom is -0.492 e. The number of nitrogens with zero attached hydrogens (tertiary/aromatic N) is 2. The van der Waals surface area contributed by atoms with Gasteiger partial charge in [-0.15, -0.1) is 0 Å². The van der Waals surface area contributed by atoms with E-state index >= 15 is 0 Å². The van der Waals surface area contributed by atoms with E-state index in [4.69, 9.17) is 4.74 Å². The molecule has 0 fully saturated rings. The second-order valence-corrected chi connectivity index (χ2v) is 3.31. The molecular formula is C12H12N2O2. The van der Waals surface area contributed by atoms with E-state index < -0.39 is 0 Å². The van der Waals surface area contributed by atoms with Crippen molar-refractivity contribution in [1.29, 1.82) is 0 Å². The number of aromatic nitrogens is 2. The molecular weight excluding hydrogens is 204 g/mol. The van der Waals surface area contributed by atoms with Crippen molar-refractivity contribution in [1.82, 2.24) is 9.78 Å². The Morgan fingerprint density at radius 2 is 2.31 bits per heavy atom. The summed E-state index contributed by atoms with van der Waals surface area (Å²) in [6, 6.07) is 8.96. The summed E-state index contributed by atoms with van der Waals surface area (Å²) >= 11 is 0. The second-order valence-electron chi connectivity index (χ2n) is 3.31. The zero-order chi connectivity index (χ0) is 11.2. The molecule has 0 spiro atoms. The third kappa shape index (κ3) is 2.70. The van der Waals surface area contributed by atoms with Gasteiger partial charge in [0.25, 0.3) is 0 Å². The molecule has 0 N–H and O–H groups in total. The molecule has 2 rings (SSSR count).